The number of anilines is 2. The molecule has 6 nitrogen and oxygen atoms in total. The van der Waals surface area contributed by atoms with E-state index in [9.17, 15) is 18.0 Å². The van der Waals surface area contributed by atoms with Crippen LogP contribution in [0.1, 0.15) is 15.9 Å². The predicted molar refractivity (Wildman–Crippen MR) is 120 cm³/mol. The Hall–Kier alpha value is -3.56. The van der Waals surface area contributed by atoms with Gasteiger partial charge in [0.25, 0.3) is 5.91 Å². The Kier molecular flexibility index (Phi) is 6.01. The van der Waals surface area contributed by atoms with Crippen molar-refractivity contribution in [1.82, 2.24) is 9.97 Å². The van der Waals surface area contributed by atoms with Crippen LogP contribution in [0.4, 0.5) is 24.8 Å². The van der Waals surface area contributed by atoms with Crippen molar-refractivity contribution in [2.45, 2.75) is 6.18 Å². The van der Waals surface area contributed by atoms with Crippen LogP contribution in [0.2, 0.25) is 10.2 Å². The number of halogens is 5. The lowest BCUT2D eigenvalue weighted by Crippen LogP contribution is -2.14. The quantitative estimate of drug-likeness (QED) is 0.314. The number of nitrogens with zero attached hydrogens (tertiary/aromatic N) is 2. The maximum Gasteiger partial charge on any atom is 0.417 e. The summed E-state index contributed by atoms with van der Waals surface area (Å²) < 4.78 is 45.0. The number of ether oxygens (including phenoxy) is 1. The topological polar surface area (TPSA) is 90.1 Å². The summed E-state index contributed by atoms with van der Waals surface area (Å²) in [5.74, 6) is -0.0844. The Bertz CT molecular complexity index is 1360. The molecule has 1 amide bonds. The zero-order valence-electron chi connectivity index (χ0n) is 16.5. The Morgan fingerprint density at radius 1 is 1.00 bits per heavy atom. The Morgan fingerprint density at radius 3 is 2.52 bits per heavy atom. The van der Waals surface area contributed by atoms with Gasteiger partial charge in [0.1, 0.15) is 10.9 Å². The number of nitrogens with one attached hydrogen (secondary N) is 1. The van der Waals surface area contributed by atoms with Crippen LogP contribution in [0, 0.1) is 0 Å². The van der Waals surface area contributed by atoms with Crippen LogP contribution in [0.3, 0.4) is 0 Å². The van der Waals surface area contributed by atoms with Crippen molar-refractivity contribution in [2.75, 3.05) is 11.1 Å². The third-order valence-corrected chi connectivity index (χ3v) is 5.06. The molecule has 0 bridgehead atoms. The summed E-state index contributed by atoms with van der Waals surface area (Å²) in [6.45, 7) is 0. The molecule has 0 saturated heterocycles. The van der Waals surface area contributed by atoms with Crippen LogP contribution in [0.25, 0.3) is 10.8 Å². The van der Waals surface area contributed by atoms with E-state index in [-0.39, 0.29) is 28.2 Å². The number of fused-ring (bicyclic) bond motifs is 1. The van der Waals surface area contributed by atoms with Crippen LogP contribution < -0.4 is 15.8 Å². The number of benzene rings is 3. The monoisotopic (exact) mass is 492 g/mol. The minimum absolute atomic E-state index is 0.0353. The van der Waals surface area contributed by atoms with Gasteiger partial charge in [-0.3, -0.25) is 4.79 Å². The molecule has 0 unspecified atom stereocenters. The van der Waals surface area contributed by atoms with E-state index in [1.165, 1.54) is 12.1 Å². The van der Waals surface area contributed by atoms with Crippen LogP contribution in [-0.4, -0.2) is 15.9 Å². The van der Waals surface area contributed by atoms with Crippen molar-refractivity contribution in [3.63, 3.8) is 0 Å². The molecule has 0 aliphatic rings. The summed E-state index contributed by atoms with van der Waals surface area (Å²) in [5.41, 5.74) is 4.75. The second kappa shape index (κ2) is 8.76. The number of rotatable bonds is 4. The highest BCUT2D eigenvalue weighted by Crippen LogP contribution is 2.36. The first-order valence-electron chi connectivity index (χ1n) is 9.29. The Labute approximate surface area is 195 Å². The van der Waals surface area contributed by atoms with Crippen molar-refractivity contribution in [3.8, 4) is 11.6 Å². The van der Waals surface area contributed by atoms with Gasteiger partial charge in [0, 0.05) is 17.3 Å². The highest BCUT2D eigenvalue weighted by molar-refractivity contribution is 6.31. The zero-order chi connectivity index (χ0) is 23.8. The molecular weight excluding hydrogens is 480 g/mol. The summed E-state index contributed by atoms with van der Waals surface area (Å²) in [4.78, 5) is 20.5. The second-order valence-corrected chi connectivity index (χ2v) is 7.62. The summed E-state index contributed by atoms with van der Waals surface area (Å²) in [7, 11) is 0. The second-order valence-electron chi connectivity index (χ2n) is 6.82. The number of amides is 1. The van der Waals surface area contributed by atoms with Crippen molar-refractivity contribution in [3.05, 3.63) is 82.0 Å². The molecule has 0 aliphatic heterocycles. The van der Waals surface area contributed by atoms with Crippen LogP contribution in [0.5, 0.6) is 11.6 Å². The first-order chi connectivity index (χ1) is 15.6. The minimum atomic E-state index is -4.65. The number of hydrogen-bond donors (Lipinski definition) is 2. The molecule has 4 rings (SSSR count). The average molecular weight is 493 g/mol. The summed E-state index contributed by atoms with van der Waals surface area (Å²) in [6.07, 6.45) is -4.65. The van der Waals surface area contributed by atoms with E-state index in [2.05, 4.69) is 15.3 Å². The minimum Gasteiger partial charge on any atom is -0.439 e. The van der Waals surface area contributed by atoms with E-state index in [1.807, 2.05) is 0 Å². The number of carbonyl (C=O) groups excluding carboxylic acids is 1. The fraction of sp³-hybridized carbons (Fsp3) is 0.0455. The number of alkyl halides is 3. The summed E-state index contributed by atoms with van der Waals surface area (Å²) >= 11 is 11.5. The summed E-state index contributed by atoms with van der Waals surface area (Å²) in [5, 5.41) is 3.36. The molecule has 1 heterocycles. The lowest BCUT2D eigenvalue weighted by molar-refractivity contribution is -0.137. The first kappa shape index (κ1) is 22.6. The average Bonchev–Trinajstić information content (AvgIpc) is 2.73. The SMILES string of the molecule is Nc1nc(Cl)cc(Oc2ccc3c(C(=O)Nc4ccc(Cl)c(C(F)(F)F)c4)cccc3c2)n1. The third-order valence-electron chi connectivity index (χ3n) is 4.54. The highest BCUT2D eigenvalue weighted by atomic mass is 35.5. The fourth-order valence-electron chi connectivity index (χ4n) is 3.13. The molecule has 1 aromatic heterocycles. The molecule has 0 atom stereocenters. The molecule has 4 aromatic rings. The molecule has 3 N–H and O–H groups in total. The van der Waals surface area contributed by atoms with Gasteiger partial charge in [0.05, 0.1) is 10.6 Å². The van der Waals surface area contributed by atoms with E-state index in [1.54, 1.807) is 36.4 Å². The maximum absolute atomic E-state index is 13.1. The number of nitrogens with two attached hydrogens (primary N) is 1. The summed E-state index contributed by atoms with van der Waals surface area (Å²) in [6, 6.07) is 14.4. The standard InChI is InChI=1S/C22H13Cl2F3N4O2/c23-17-7-4-12(9-16(17)22(25,26)27)29-20(32)15-3-1-2-11-8-13(5-6-14(11)15)33-19-10-18(24)30-21(28)31-19/h1-10H,(H,29,32)(H2,28,30,31). The van der Waals surface area contributed by atoms with E-state index in [0.29, 0.717) is 16.5 Å². The number of aromatic nitrogens is 2. The van der Waals surface area contributed by atoms with Gasteiger partial charge < -0.3 is 15.8 Å². The third kappa shape index (κ3) is 5.10. The van der Waals surface area contributed by atoms with Gasteiger partial charge in [0.15, 0.2) is 0 Å². The van der Waals surface area contributed by atoms with Crippen molar-refractivity contribution >= 4 is 51.5 Å². The Balaban J connectivity index is 1.61. The molecule has 33 heavy (non-hydrogen) atoms. The van der Waals surface area contributed by atoms with Crippen molar-refractivity contribution in [1.29, 1.82) is 0 Å². The van der Waals surface area contributed by atoms with E-state index in [0.717, 1.165) is 12.1 Å². The molecule has 11 heteroatoms. The number of hydrogen-bond acceptors (Lipinski definition) is 5. The fourth-order valence-corrected chi connectivity index (χ4v) is 3.53. The molecular formula is C22H13Cl2F3N4O2. The van der Waals surface area contributed by atoms with Gasteiger partial charge in [-0.05, 0) is 53.2 Å². The van der Waals surface area contributed by atoms with E-state index >= 15 is 0 Å². The first-order valence-corrected chi connectivity index (χ1v) is 10.0. The normalized spacial score (nSPS) is 11.4. The van der Waals surface area contributed by atoms with Crippen LogP contribution >= 0.6 is 23.2 Å². The van der Waals surface area contributed by atoms with Gasteiger partial charge in [-0.15, -0.1) is 0 Å². The molecule has 0 radical (unpaired) electrons. The zero-order valence-corrected chi connectivity index (χ0v) is 18.0. The van der Waals surface area contributed by atoms with E-state index in [4.69, 9.17) is 33.7 Å². The van der Waals surface area contributed by atoms with E-state index < -0.39 is 22.7 Å². The molecule has 0 saturated carbocycles. The van der Waals surface area contributed by atoms with Crippen LogP contribution in [0.15, 0.2) is 60.7 Å². The van der Waals surface area contributed by atoms with Gasteiger partial charge in [-0.1, -0.05) is 35.3 Å². The molecule has 0 fully saturated rings. The number of carbonyl (C=O) groups is 1. The predicted octanol–water partition coefficient (Wildman–Crippen LogP) is 6.58. The maximum atomic E-state index is 13.1. The van der Waals surface area contributed by atoms with Crippen LogP contribution in [-0.2, 0) is 6.18 Å². The van der Waals surface area contributed by atoms with Gasteiger partial charge >= 0.3 is 6.18 Å². The Morgan fingerprint density at radius 2 is 1.79 bits per heavy atom. The molecule has 3 aromatic carbocycles. The lowest BCUT2D eigenvalue weighted by atomic mass is 10.0. The number of nitrogen functional groups attached to an aromatic ring is 1. The van der Waals surface area contributed by atoms with Gasteiger partial charge in [-0.25, -0.2) is 4.98 Å². The molecule has 0 spiro atoms. The van der Waals surface area contributed by atoms with Crippen molar-refractivity contribution in [2.24, 2.45) is 0 Å². The van der Waals surface area contributed by atoms with Gasteiger partial charge in [0.2, 0.25) is 11.8 Å². The molecule has 0 aliphatic carbocycles. The smallest absolute Gasteiger partial charge is 0.417 e. The van der Waals surface area contributed by atoms with Crippen molar-refractivity contribution < 1.29 is 22.7 Å². The van der Waals surface area contributed by atoms with Gasteiger partial charge in [-0.2, -0.15) is 18.2 Å². The molecule has 168 valence electrons. The largest absolute Gasteiger partial charge is 0.439 e. The lowest BCUT2D eigenvalue weighted by Gasteiger charge is -2.13. The highest BCUT2D eigenvalue weighted by Gasteiger charge is 2.33.